The Hall–Kier alpha value is -1.000. The van der Waals surface area contributed by atoms with Gasteiger partial charge >= 0.3 is 0 Å². The van der Waals surface area contributed by atoms with Gasteiger partial charge in [0, 0.05) is 22.0 Å². The molecule has 0 saturated carbocycles. The molecule has 0 aliphatic heterocycles. The normalized spacial score (nSPS) is 10.2. The van der Waals surface area contributed by atoms with E-state index in [1.54, 1.807) is 11.4 Å². The fourth-order valence-electron chi connectivity index (χ4n) is 1.34. The van der Waals surface area contributed by atoms with E-state index >= 15 is 0 Å². The number of amides is 1. The molecule has 0 atom stereocenters. The third kappa shape index (κ3) is 3.51. The Bertz CT molecular complexity index is 659. The maximum Gasteiger partial charge on any atom is 0.270 e. The quantitative estimate of drug-likeness (QED) is 0.429. The highest BCUT2D eigenvalue weighted by molar-refractivity contribution is 14.1. The molecule has 1 heterocycles. The molecule has 0 bridgehead atoms. The van der Waals surface area contributed by atoms with Crippen molar-refractivity contribution in [3.63, 3.8) is 0 Å². The van der Waals surface area contributed by atoms with Gasteiger partial charge in [0.25, 0.3) is 11.6 Å². The monoisotopic (exact) mass is 452 g/mol. The lowest BCUT2D eigenvalue weighted by Gasteiger charge is -2.05. The first-order valence-corrected chi connectivity index (χ1v) is 7.72. The van der Waals surface area contributed by atoms with Gasteiger partial charge in [0.15, 0.2) is 0 Å². The fourth-order valence-corrected chi connectivity index (χ4v) is 3.13. The summed E-state index contributed by atoms with van der Waals surface area (Å²) < 4.78 is 1.49. The summed E-state index contributed by atoms with van der Waals surface area (Å²) in [6.07, 6.45) is 0. The first-order chi connectivity index (χ1) is 8.97. The molecule has 1 aromatic carbocycles. The minimum absolute atomic E-state index is 0.0324. The maximum absolute atomic E-state index is 11.9. The summed E-state index contributed by atoms with van der Waals surface area (Å²) in [5.41, 5.74) is 1.03. The number of hydrogen-bond donors (Lipinski definition) is 1. The molecule has 0 fully saturated rings. The van der Waals surface area contributed by atoms with Gasteiger partial charge in [0.1, 0.15) is 0 Å². The minimum Gasteiger partial charge on any atom is -0.321 e. The summed E-state index contributed by atoms with van der Waals surface area (Å²) in [6.45, 7) is 0. The van der Waals surface area contributed by atoms with Crippen molar-refractivity contribution in [2.45, 2.75) is 0 Å². The minimum atomic E-state index is -0.488. The van der Waals surface area contributed by atoms with Crippen molar-refractivity contribution in [2.75, 3.05) is 5.32 Å². The summed E-state index contributed by atoms with van der Waals surface area (Å²) in [7, 11) is 0. The van der Waals surface area contributed by atoms with Gasteiger partial charge in [-0.05, 0) is 50.7 Å². The number of nitro groups is 1. The number of carbonyl (C=O) groups excluding carboxylic acids is 1. The van der Waals surface area contributed by atoms with Crippen LogP contribution in [0.1, 0.15) is 10.4 Å². The SMILES string of the molecule is O=C(Nc1ccc([N+](=O)[O-])cc1Br)c1csc(I)c1. The topological polar surface area (TPSA) is 72.2 Å². The van der Waals surface area contributed by atoms with Crippen LogP contribution in [-0.4, -0.2) is 10.8 Å². The average molecular weight is 453 g/mol. The van der Waals surface area contributed by atoms with E-state index in [1.165, 1.54) is 29.5 Å². The second-order valence-corrected chi connectivity index (χ2v) is 7.17. The zero-order valence-electron chi connectivity index (χ0n) is 9.22. The van der Waals surface area contributed by atoms with E-state index in [4.69, 9.17) is 0 Å². The summed E-state index contributed by atoms with van der Waals surface area (Å²) >= 11 is 6.82. The van der Waals surface area contributed by atoms with Crippen molar-refractivity contribution in [1.82, 2.24) is 0 Å². The first kappa shape index (κ1) is 14.4. The maximum atomic E-state index is 11.9. The number of anilines is 1. The lowest BCUT2D eigenvalue weighted by molar-refractivity contribution is -0.384. The number of carbonyl (C=O) groups is 1. The molecule has 19 heavy (non-hydrogen) atoms. The standard InChI is InChI=1S/C11H6BrIN2O3S/c12-8-4-7(15(17)18)1-2-9(8)14-11(16)6-3-10(13)19-5-6/h1-5H,(H,14,16). The Morgan fingerprint density at radius 1 is 1.42 bits per heavy atom. The fraction of sp³-hybridized carbons (Fsp3) is 0. The molecule has 5 nitrogen and oxygen atoms in total. The van der Waals surface area contributed by atoms with E-state index in [0.717, 1.165) is 2.88 Å². The highest BCUT2D eigenvalue weighted by atomic mass is 127. The van der Waals surface area contributed by atoms with Crippen LogP contribution in [-0.2, 0) is 0 Å². The zero-order chi connectivity index (χ0) is 14.0. The number of rotatable bonds is 3. The summed E-state index contributed by atoms with van der Waals surface area (Å²) in [6, 6.07) is 5.97. The van der Waals surface area contributed by atoms with Crippen molar-refractivity contribution < 1.29 is 9.72 Å². The molecular formula is C11H6BrIN2O3S. The molecule has 2 aromatic rings. The van der Waals surface area contributed by atoms with Crippen LogP contribution in [0.15, 0.2) is 34.1 Å². The molecule has 0 aliphatic carbocycles. The summed E-state index contributed by atoms with van der Waals surface area (Å²) in [5, 5.41) is 15.1. The molecule has 98 valence electrons. The molecule has 0 aliphatic rings. The second-order valence-electron chi connectivity index (χ2n) is 3.51. The molecular weight excluding hydrogens is 447 g/mol. The summed E-state index contributed by atoms with van der Waals surface area (Å²) in [4.78, 5) is 22.1. The van der Waals surface area contributed by atoms with E-state index in [9.17, 15) is 14.9 Å². The highest BCUT2D eigenvalue weighted by Crippen LogP contribution is 2.28. The molecule has 0 saturated heterocycles. The van der Waals surface area contributed by atoms with Crippen molar-refractivity contribution in [2.24, 2.45) is 0 Å². The smallest absolute Gasteiger partial charge is 0.270 e. The van der Waals surface area contributed by atoms with Crippen LogP contribution in [0.3, 0.4) is 0 Å². The Morgan fingerprint density at radius 3 is 2.68 bits per heavy atom. The first-order valence-electron chi connectivity index (χ1n) is 4.96. The van der Waals surface area contributed by atoms with Gasteiger partial charge in [-0.3, -0.25) is 14.9 Å². The van der Waals surface area contributed by atoms with E-state index in [-0.39, 0.29) is 11.6 Å². The number of nitrogens with zero attached hydrogens (tertiary/aromatic N) is 1. The Labute approximate surface area is 134 Å². The number of halogens is 2. The second kappa shape index (κ2) is 5.97. The van der Waals surface area contributed by atoms with E-state index in [0.29, 0.717) is 15.7 Å². The predicted molar refractivity (Wildman–Crippen MR) is 85.8 cm³/mol. The van der Waals surface area contributed by atoms with Crippen LogP contribution in [0.25, 0.3) is 0 Å². The Morgan fingerprint density at radius 2 is 2.16 bits per heavy atom. The number of non-ortho nitro benzene ring substituents is 1. The molecule has 0 unspecified atom stereocenters. The van der Waals surface area contributed by atoms with Crippen LogP contribution in [0.4, 0.5) is 11.4 Å². The Kier molecular flexibility index (Phi) is 4.53. The number of nitro benzene ring substituents is 1. The number of hydrogen-bond acceptors (Lipinski definition) is 4. The Balaban J connectivity index is 2.20. The van der Waals surface area contributed by atoms with Gasteiger partial charge in [0.05, 0.1) is 19.1 Å². The van der Waals surface area contributed by atoms with Crippen LogP contribution in [0.2, 0.25) is 0 Å². The van der Waals surface area contributed by atoms with Crippen LogP contribution < -0.4 is 5.32 Å². The molecule has 0 radical (unpaired) electrons. The van der Waals surface area contributed by atoms with Gasteiger partial charge in [0.2, 0.25) is 0 Å². The van der Waals surface area contributed by atoms with Gasteiger partial charge < -0.3 is 5.32 Å². The van der Waals surface area contributed by atoms with Crippen LogP contribution in [0.5, 0.6) is 0 Å². The molecule has 1 aromatic heterocycles. The van der Waals surface area contributed by atoms with Crippen molar-refractivity contribution in [1.29, 1.82) is 0 Å². The van der Waals surface area contributed by atoms with Gasteiger partial charge in [-0.15, -0.1) is 11.3 Å². The average Bonchev–Trinajstić information content (AvgIpc) is 2.78. The molecule has 8 heteroatoms. The third-order valence-corrected chi connectivity index (χ3v) is 4.69. The van der Waals surface area contributed by atoms with E-state index < -0.39 is 4.92 Å². The number of nitrogens with one attached hydrogen (secondary N) is 1. The molecule has 0 spiro atoms. The van der Waals surface area contributed by atoms with Gasteiger partial charge in [-0.25, -0.2) is 0 Å². The van der Waals surface area contributed by atoms with Crippen molar-refractivity contribution >= 4 is 67.1 Å². The summed E-state index contributed by atoms with van der Waals surface area (Å²) in [5.74, 6) is -0.242. The van der Waals surface area contributed by atoms with Gasteiger partial charge in [-0.2, -0.15) is 0 Å². The lowest BCUT2D eigenvalue weighted by Crippen LogP contribution is -2.11. The van der Waals surface area contributed by atoms with Crippen molar-refractivity contribution in [3.8, 4) is 0 Å². The van der Waals surface area contributed by atoms with Crippen LogP contribution in [0, 0.1) is 13.0 Å². The van der Waals surface area contributed by atoms with Gasteiger partial charge in [-0.1, -0.05) is 0 Å². The lowest BCUT2D eigenvalue weighted by atomic mass is 10.2. The van der Waals surface area contributed by atoms with Crippen LogP contribution >= 0.6 is 49.9 Å². The molecule has 1 N–H and O–H groups in total. The molecule has 2 rings (SSSR count). The predicted octanol–water partition coefficient (Wildman–Crippen LogP) is 4.28. The third-order valence-electron chi connectivity index (χ3n) is 2.24. The van der Waals surface area contributed by atoms with E-state index in [2.05, 4.69) is 43.8 Å². The molecule has 1 amide bonds. The largest absolute Gasteiger partial charge is 0.321 e. The van der Waals surface area contributed by atoms with E-state index in [1.807, 2.05) is 0 Å². The van der Waals surface area contributed by atoms with Crippen molar-refractivity contribution in [3.05, 3.63) is 52.7 Å². The number of benzene rings is 1. The highest BCUT2D eigenvalue weighted by Gasteiger charge is 2.13. The number of thiophene rings is 1. The zero-order valence-corrected chi connectivity index (χ0v) is 13.8.